The van der Waals surface area contributed by atoms with Crippen LogP contribution in [0.5, 0.6) is 0 Å². The minimum absolute atomic E-state index is 0. The van der Waals surface area contributed by atoms with Gasteiger partial charge in [0, 0.05) is 25.9 Å². The minimum Gasteiger partial charge on any atom is -0.461 e. The van der Waals surface area contributed by atoms with Gasteiger partial charge in [-0.3, -0.25) is 4.79 Å². The van der Waals surface area contributed by atoms with Gasteiger partial charge in [-0.1, -0.05) is 19.1 Å². The monoisotopic (exact) mass is 366 g/mol. The van der Waals surface area contributed by atoms with Gasteiger partial charge < -0.3 is 15.1 Å². The standard InChI is InChI=1S/C19H23FN2O2.ClH/c1-19(12-21)10-11-22(13-19)18(23)9-7-14-6-8-17(24-14)15-4-2-3-5-16(15)20;/h2-6,8H,7,9-13,21H2,1H3;1H. The van der Waals surface area contributed by atoms with Crippen LogP contribution in [-0.2, 0) is 11.2 Å². The van der Waals surface area contributed by atoms with Crippen molar-refractivity contribution >= 4 is 18.3 Å². The van der Waals surface area contributed by atoms with Crippen molar-refractivity contribution in [1.29, 1.82) is 0 Å². The molecule has 0 bridgehead atoms. The maximum atomic E-state index is 13.8. The van der Waals surface area contributed by atoms with Gasteiger partial charge in [-0.25, -0.2) is 4.39 Å². The zero-order chi connectivity index (χ0) is 17.2. The van der Waals surface area contributed by atoms with Gasteiger partial charge in [-0.2, -0.15) is 0 Å². The Kier molecular flexibility index (Phi) is 6.25. The van der Waals surface area contributed by atoms with Crippen LogP contribution in [0.3, 0.4) is 0 Å². The lowest BCUT2D eigenvalue weighted by Gasteiger charge is -2.22. The first-order valence-corrected chi connectivity index (χ1v) is 8.32. The summed E-state index contributed by atoms with van der Waals surface area (Å²) in [5.74, 6) is 0.999. The van der Waals surface area contributed by atoms with Crippen molar-refractivity contribution < 1.29 is 13.6 Å². The number of furan rings is 1. The van der Waals surface area contributed by atoms with E-state index in [1.54, 1.807) is 24.3 Å². The van der Waals surface area contributed by atoms with E-state index in [0.717, 1.165) is 19.5 Å². The third-order valence-corrected chi connectivity index (χ3v) is 4.79. The predicted octanol–water partition coefficient (Wildman–Crippen LogP) is 3.64. The molecule has 0 saturated carbocycles. The maximum Gasteiger partial charge on any atom is 0.223 e. The van der Waals surface area contributed by atoms with E-state index >= 15 is 0 Å². The Hall–Kier alpha value is -1.85. The van der Waals surface area contributed by atoms with E-state index in [4.69, 9.17) is 10.2 Å². The fourth-order valence-corrected chi connectivity index (χ4v) is 3.11. The summed E-state index contributed by atoms with van der Waals surface area (Å²) in [6.45, 7) is 4.21. The van der Waals surface area contributed by atoms with Gasteiger partial charge in [-0.05, 0) is 42.6 Å². The molecular formula is C19H24ClFN2O2. The highest BCUT2D eigenvalue weighted by Gasteiger charge is 2.34. The quantitative estimate of drug-likeness (QED) is 0.878. The van der Waals surface area contributed by atoms with Crippen LogP contribution in [0.2, 0.25) is 0 Å². The summed E-state index contributed by atoms with van der Waals surface area (Å²) in [4.78, 5) is 14.2. The number of aryl methyl sites for hydroxylation is 1. The molecule has 3 rings (SSSR count). The molecule has 1 atom stereocenters. The lowest BCUT2D eigenvalue weighted by atomic mass is 9.90. The predicted molar refractivity (Wildman–Crippen MR) is 98.0 cm³/mol. The summed E-state index contributed by atoms with van der Waals surface area (Å²) in [7, 11) is 0. The van der Waals surface area contributed by atoms with E-state index in [2.05, 4.69) is 6.92 Å². The number of carbonyl (C=O) groups excluding carboxylic acids is 1. The summed E-state index contributed by atoms with van der Waals surface area (Å²) in [6, 6.07) is 10.1. The molecule has 1 aromatic carbocycles. The van der Waals surface area contributed by atoms with Crippen LogP contribution in [0.15, 0.2) is 40.8 Å². The summed E-state index contributed by atoms with van der Waals surface area (Å²) in [5.41, 5.74) is 6.26. The summed E-state index contributed by atoms with van der Waals surface area (Å²) in [6.07, 6.45) is 1.86. The van der Waals surface area contributed by atoms with Gasteiger partial charge in [0.05, 0.1) is 5.56 Å². The molecule has 1 amide bonds. The van der Waals surface area contributed by atoms with Crippen molar-refractivity contribution in [3.8, 4) is 11.3 Å². The Balaban J connectivity index is 0.00000225. The van der Waals surface area contributed by atoms with Crippen LogP contribution < -0.4 is 5.73 Å². The van der Waals surface area contributed by atoms with E-state index in [1.165, 1.54) is 6.07 Å². The molecule has 1 fully saturated rings. The topological polar surface area (TPSA) is 59.5 Å². The number of amides is 1. The molecule has 25 heavy (non-hydrogen) atoms. The second kappa shape index (κ2) is 8.02. The van der Waals surface area contributed by atoms with Gasteiger partial charge >= 0.3 is 0 Å². The highest BCUT2D eigenvalue weighted by molar-refractivity contribution is 5.85. The number of nitrogens with two attached hydrogens (primary N) is 1. The number of halogens is 2. The number of hydrogen-bond donors (Lipinski definition) is 1. The first kappa shape index (κ1) is 19.5. The highest BCUT2D eigenvalue weighted by Crippen LogP contribution is 2.29. The molecule has 2 aromatic rings. The molecule has 1 aliphatic rings. The van der Waals surface area contributed by atoms with Crippen LogP contribution in [-0.4, -0.2) is 30.4 Å². The van der Waals surface area contributed by atoms with Crippen molar-refractivity contribution in [3.63, 3.8) is 0 Å². The second-order valence-electron chi connectivity index (χ2n) is 6.83. The van der Waals surface area contributed by atoms with E-state index in [-0.39, 0.29) is 29.5 Å². The normalized spacial score (nSPS) is 19.7. The molecule has 1 saturated heterocycles. The molecule has 2 heterocycles. The molecule has 1 aliphatic heterocycles. The molecule has 0 spiro atoms. The zero-order valence-electron chi connectivity index (χ0n) is 14.3. The molecule has 2 N–H and O–H groups in total. The van der Waals surface area contributed by atoms with Gasteiger partial charge in [0.1, 0.15) is 17.3 Å². The van der Waals surface area contributed by atoms with Gasteiger partial charge in [-0.15, -0.1) is 12.4 Å². The number of benzene rings is 1. The van der Waals surface area contributed by atoms with Gasteiger partial charge in [0.15, 0.2) is 0 Å². The van der Waals surface area contributed by atoms with Crippen LogP contribution in [0.25, 0.3) is 11.3 Å². The van der Waals surface area contributed by atoms with Crippen molar-refractivity contribution in [2.24, 2.45) is 11.1 Å². The Labute approximate surface area is 153 Å². The van der Waals surface area contributed by atoms with Crippen molar-refractivity contribution in [1.82, 2.24) is 4.90 Å². The van der Waals surface area contributed by atoms with Crippen molar-refractivity contribution in [3.05, 3.63) is 48.0 Å². The number of likely N-dealkylation sites (tertiary alicyclic amines) is 1. The zero-order valence-corrected chi connectivity index (χ0v) is 15.2. The van der Waals surface area contributed by atoms with Crippen molar-refractivity contribution in [2.45, 2.75) is 26.2 Å². The summed E-state index contributed by atoms with van der Waals surface area (Å²) >= 11 is 0. The van der Waals surface area contributed by atoms with Crippen molar-refractivity contribution in [2.75, 3.05) is 19.6 Å². The number of hydrogen-bond acceptors (Lipinski definition) is 3. The lowest BCUT2D eigenvalue weighted by Crippen LogP contribution is -2.34. The second-order valence-corrected chi connectivity index (χ2v) is 6.83. The molecule has 1 aromatic heterocycles. The number of carbonyl (C=O) groups is 1. The number of rotatable bonds is 5. The smallest absolute Gasteiger partial charge is 0.223 e. The summed E-state index contributed by atoms with van der Waals surface area (Å²) < 4.78 is 19.5. The fraction of sp³-hybridized carbons (Fsp3) is 0.421. The molecule has 4 nitrogen and oxygen atoms in total. The van der Waals surface area contributed by atoms with Gasteiger partial charge in [0.2, 0.25) is 5.91 Å². The SMILES string of the molecule is CC1(CN)CCN(C(=O)CCc2ccc(-c3ccccc3F)o2)C1.Cl. The largest absolute Gasteiger partial charge is 0.461 e. The minimum atomic E-state index is -0.312. The first-order valence-electron chi connectivity index (χ1n) is 8.32. The summed E-state index contributed by atoms with van der Waals surface area (Å²) in [5, 5.41) is 0. The van der Waals surface area contributed by atoms with E-state index in [9.17, 15) is 9.18 Å². The van der Waals surface area contributed by atoms with E-state index < -0.39 is 0 Å². The van der Waals surface area contributed by atoms with Crippen LogP contribution in [0.1, 0.15) is 25.5 Å². The molecule has 6 heteroatoms. The van der Waals surface area contributed by atoms with E-state index in [1.807, 2.05) is 11.0 Å². The number of nitrogens with zero attached hydrogens (tertiary/aromatic N) is 1. The fourth-order valence-electron chi connectivity index (χ4n) is 3.11. The highest BCUT2D eigenvalue weighted by atomic mass is 35.5. The van der Waals surface area contributed by atoms with Crippen LogP contribution >= 0.6 is 12.4 Å². The Morgan fingerprint density at radius 2 is 2.08 bits per heavy atom. The Morgan fingerprint density at radius 3 is 2.76 bits per heavy atom. The average molecular weight is 367 g/mol. The average Bonchev–Trinajstić information content (AvgIpc) is 3.21. The Morgan fingerprint density at radius 1 is 1.32 bits per heavy atom. The Bertz CT molecular complexity index is 734. The van der Waals surface area contributed by atoms with Crippen LogP contribution in [0.4, 0.5) is 4.39 Å². The molecular weight excluding hydrogens is 343 g/mol. The third-order valence-electron chi connectivity index (χ3n) is 4.79. The van der Waals surface area contributed by atoms with Crippen LogP contribution in [0, 0.1) is 11.2 Å². The molecule has 0 radical (unpaired) electrons. The lowest BCUT2D eigenvalue weighted by molar-refractivity contribution is -0.130. The molecule has 0 aliphatic carbocycles. The maximum absolute atomic E-state index is 13.8. The molecule has 1 unspecified atom stereocenters. The first-order chi connectivity index (χ1) is 11.5. The van der Waals surface area contributed by atoms with Gasteiger partial charge in [0.25, 0.3) is 0 Å². The third kappa shape index (κ3) is 4.41. The molecule has 136 valence electrons. The van der Waals surface area contributed by atoms with E-state index in [0.29, 0.717) is 36.5 Å².